The van der Waals surface area contributed by atoms with Crippen LogP contribution >= 0.6 is 22.6 Å². The number of hydrogen-bond acceptors (Lipinski definition) is 2. The number of halogens is 1. The summed E-state index contributed by atoms with van der Waals surface area (Å²) in [5.74, 6) is -0.0677. The van der Waals surface area contributed by atoms with Crippen molar-refractivity contribution in [1.29, 1.82) is 0 Å². The van der Waals surface area contributed by atoms with Crippen molar-refractivity contribution in [3.63, 3.8) is 0 Å². The lowest BCUT2D eigenvalue weighted by molar-refractivity contribution is 0.0945. The van der Waals surface area contributed by atoms with Crippen molar-refractivity contribution in [3.05, 3.63) is 15.5 Å². The lowest BCUT2D eigenvalue weighted by atomic mass is 10.4. The molecule has 1 N–H and O–H groups in total. The molecule has 0 saturated carbocycles. The lowest BCUT2D eigenvalue weighted by Crippen LogP contribution is -2.25. The van der Waals surface area contributed by atoms with Gasteiger partial charge in [0, 0.05) is 13.6 Å². The van der Waals surface area contributed by atoms with E-state index in [4.69, 9.17) is 0 Å². The highest BCUT2D eigenvalue weighted by atomic mass is 127. The summed E-state index contributed by atoms with van der Waals surface area (Å²) in [5, 5.41) is 6.69. The quantitative estimate of drug-likeness (QED) is 0.813. The van der Waals surface area contributed by atoms with Crippen LogP contribution < -0.4 is 5.32 Å². The molecule has 0 aliphatic rings. The fourth-order valence-electron chi connectivity index (χ4n) is 0.910. The number of nitrogens with zero attached hydrogens (tertiary/aromatic N) is 2. The fourth-order valence-corrected chi connectivity index (χ4v) is 1.63. The van der Waals surface area contributed by atoms with E-state index in [-0.39, 0.29) is 5.91 Å². The Balaban J connectivity index is 2.93. The van der Waals surface area contributed by atoms with Crippen LogP contribution in [-0.4, -0.2) is 22.2 Å². The molecule has 0 bridgehead atoms. The van der Waals surface area contributed by atoms with Gasteiger partial charge in [-0.2, -0.15) is 5.10 Å². The van der Waals surface area contributed by atoms with Crippen molar-refractivity contribution in [2.24, 2.45) is 7.05 Å². The monoisotopic (exact) mass is 279 g/mol. The molecule has 0 fully saturated rings. The molecule has 12 heavy (non-hydrogen) atoms. The summed E-state index contributed by atoms with van der Waals surface area (Å²) in [5.41, 5.74) is 0.623. The van der Waals surface area contributed by atoms with Crippen molar-refractivity contribution in [2.45, 2.75) is 6.92 Å². The first-order valence-electron chi connectivity index (χ1n) is 3.62. The molecular formula is C7H10IN3O. The maximum Gasteiger partial charge on any atom is 0.270 e. The molecule has 1 amide bonds. The first kappa shape index (κ1) is 9.50. The summed E-state index contributed by atoms with van der Waals surface area (Å²) < 4.78 is 2.45. The van der Waals surface area contributed by atoms with Crippen LogP contribution in [0.3, 0.4) is 0 Å². The summed E-state index contributed by atoms with van der Waals surface area (Å²) in [6.45, 7) is 2.53. The molecule has 1 aromatic rings. The summed E-state index contributed by atoms with van der Waals surface area (Å²) in [6, 6.07) is 0. The highest BCUT2D eigenvalue weighted by molar-refractivity contribution is 14.1. The van der Waals surface area contributed by atoms with Gasteiger partial charge in [-0.1, -0.05) is 0 Å². The Morgan fingerprint density at radius 2 is 2.50 bits per heavy atom. The molecule has 4 nitrogen and oxygen atoms in total. The van der Waals surface area contributed by atoms with E-state index >= 15 is 0 Å². The molecule has 1 heterocycles. The fraction of sp³-hybridized carbons (Fsp3) is 0.429. The van der Waals surface area contributed by atoms with E-state index in [1.165, 1.54) is 0 Å². The number of carbonyl (C=O) groups is 1. The van der Waals surface area contributed by atoms with Gasteiger partial charge in [0.1, 0.15) is 5.69 Å². The van der Waals surface area contributed by atoms with E-state index in [0.29, 0.717) is 12.2 Å². The third-order valence-corrected chi connectivity index (χ3v) is 2.24. The largest absolute Gasteiger partial charge is 0.351 e. The minimum absolute atomic E-state index is 0.0677. The lowest BCUT2D eigenvalue weighted by Gasteiger charge is -2.02. The van der Waals surface area contributed by atoms with Crippen molar-refractivity contribution in [1.82, 2.24) is 15.1 Å². The molecular weight excluding hydrogens is 269 g/mol. The SMILES string of the molecule is CCNC(=O)c1c(I)cnn1C. The highest BCUT2D eigenvalue weighted by Gasteiger charge is 2.13. The minimum atomic E-state index is -0.0677. The van der Waals surface area contributed by atoms with Crippen molar-refractivity contribution >= 4 is 28.5 Å². The Morgan fingerprint density at radius 1 is 1.83 bits per heavy atom. The number of hydrogen-bond donors (Lipinski definition) is 1. The zero-order chi connectivity index (χ0) is 9.14. The van der Waals surface area contributed by atoms with Gasteiger partial charge in [-0.25, -0.2) is 0 Å². The molecule has 0 atom stereocenters. The molecule has 0 spiro atoms. The van der Waals surface area contributed by atoms with Crippen LogP contribution in [0.15, 0.2) is 6.20 Å². The van der Waals surface area contributed by atoms with Gasteiger partial charge in [0.05, 0.1) is 9.77 Å². The van der Waals surface area contributed by atoms with Crippen LogP contribution in [0, 0.1) is 3.57 Å². The Hall–Kier alpha value is -0.590. The van der Waals surface area contributed by atoms with E-state index in [2.05, 4.69) is 33.0 Å². The van der Waals surface area contributed by atoms with Crippen LogP contribution in [0.2, 0.25) is 0 Å². The molecule has 0 aromatic carbocycles. The second-order valence-corrected chi connectivity index (χ2v) is 3.49. The maximum absolute atomic E-state index is 11.4. The van der Waals surface area contributed by atoms with Crippen molar-refractivity contribution in [3.8, 4) is 0 Å². The molecule has 5 heteroatoms. The number of aryl methyl sites for hydroxylation is 1. The third-order valence-electron chi connectivity index (χ3n) is 1.45. The van der Waals surface area contributed by atoms with Gasteiger partial charge in [-0.05, 0) is 29.5 Å². The van der Waals surface area contributed by atoms with Crippen molar-refractivity contribution in [2.75, 3.05) is 6.54 Å². The van der Waals surface area contributed by atoms with Crippen molar-refractivity contribution < 1.29 is 4.79 Å². The van der Waals surface area contributed by atoms with Gasteiger partial charge in [0.2, 0.25) is 0 Å². The third kappa shape index (κ3) is 1.77. The van der Waals surface area contributed by atoms with Crippen LogP contribution in [0.4, 0.5) is 0 Å². The zero-order valence-electron chi connectivity index (χ0n) is 6.97. The number of carbonyl (C=O) groups excluding carboxylic acids is 1. The Labute approximate surface area is 84.5 Å². The highest BCUT2D eigenvalue weighted by Crippen LogP contribution is 2.09. The molecule has 66 valence electrons. The Morgan fingerprint density at radius 3 is 2.92 bits per heavy atom. The maximum atomic E-state index is 11.4. The molecule has 1 aromatic heterocycles. The number of rotatable bonds is 2. The van der Waals surface area contributed by atoms with Gasteiger partial charge < -0.3 is 5.32 Å². The van der Waals surface area contributed by atoms with Gasteiger partial charge >= 0.3 is 0 Å². The van der Waals surface area contributed by atoms with Gasteiger partial charge in [-0.3, -0.25) is 9.48 Å². The van der Waals surface area contributed by atoms with Crippen LogP contribution in [0.25, 0.3) is 0 Å². The van der Waals surface area contributed by atoms with Crippen LogP contribution in [0.1, 0.15) is 17.4 Å². The summed E-state index contributed by atoms with van der Waals surface area (Å²) in [7, 11) is 1.76. The Kier molecular flexibility index (Phi) is 3.07. The number of amides is 1. The normalized spacial score (nSPS) is 9.92. The predicted octanol–water partition coefficient (Wildman–Crippen LogP) is 0.774. The molecule has 0 saturated heterocycles. The molecule has 0 aliphatic heterocycles. The van der Waals surface area contributed by atoms with E-state index in [0.717, 1.165) is 3.57 Å². The summed E-state index contributed by atoms with van der Waals surface area (Å²) in [6.07, 6.45) is 1.67. The standard InChI is InChI=1S/C7H10IN3O/c1-3-9-7(12)6-5(8)4-10-11(6)2/h4H,3H2,1-2H3,(H,9,12). The summed E-state index contributed by atoms with van der Waals surface area (Å²) >= 11 is 2.09. The number of aromatic nitrogens is 2. The second kappa shape index (κ2) is 3.88. The van der Waals surface area contributed by atoms with Gasteiger partial charge in [0.15, 0.2) is 0 Å². The summed E-state index contributed by atoms with van der Waals surface area (Å²) in [4.78, 5) is 11.4. The van der Waals surface area contributed by atoms with E-state index < -0.39 is 0 Å². The van der Waals surface area contributed by atoms with E-state index in [1.807, 2.05) is 6.92 Å². The molecule has 1 rings (SSSR count). The predicted molar refractivity (Wildman–Crippen MR) is 53.9 cm³/mol. The smallest absolute Gasteiger partial charge is 0.270 e. The Bertz CT molecular complexity index is 275. The van der Waals surface area contributed by atoms with E-state index in [9.17, 15) is 4.79 Å². The van der Waals surface area contributed by atoms with Gasteiger partial charge in [0.25, 0.3) is 5.91 Å². The molecule has 0 unspecified atom stereocenters. The zero-order valence-corrected chi connectivity index (χ0v) is 9.12. The van der Waals surface area contributed by atoms with E-state index in [1.54, 1.807) is 17.9 Å². The van der Waals surface area contributed by atoms with Gasteiger partial charge in [-0.15, -0.1) is 0 Å². The first-order valence-corrected chi connectivity index (χ1v) is 4.70. The first-order chi connectivity index (χ1) is 5.66. The molecule has 0 aliphatic carbocycles. The second-order valence-electron chi connectivity index (χ2n) is 2.32. The number of nitrogens with one attached hydrogen (secondary N) is 1. The average Bonchev–Trinajstić information content (AvgIpc) is 2.32. The minimum Gasteiger partial charge on any atom is -0.351 e. The topological polar surface area (TPSA) is 46.9 Å². The van der Waals surface area contributed by atoms with Crippen LogP contribution in [0.5, 0.6) is 0 Å². The molecule has 0 radical (unpaired) electrons. The van der Waals surface area contributed by atoms with Crippen LogP contribution in [-0.2, 0) is 7.05 Å². The average molecular weight is 279 g/mol.